The van der Waals surface area contributed by atoms with Crippen LogP contribution in [0.25, 0.3) is 0 Å². The lowest BCUT2D eigenvalue weighted by molar-refractivity contribution is -0.142. The standard InChI is InChI=1S/C15H21F3N4O.HI/c1-22(10-15(16,17)18)8-7-20-14(19)21-12-6-9-23-13-5-3-2-4-11(12)13;/h2-5,12H,6-10H2,1H3,(H3,19,20,21);1H. The Hall–Kier alpha value is -1.23. The second-order valence-electron chi connectivity index (χ2n) is 5.49. The minimum Gasteiger partial charge on any atom is -0.493 e. The number of benzene rings is 1. The molecule has 0 amide bonds. The Morgan fingerprint density at radius 2 is 2.12 bits per heavy atom. The Bertz CT molecular complexity index is 554. The van der Waals surface area contributed by atoms with E-state index in [0.717, 1.165) is 17.7 Å². The summed E-state index contributed by atoms with van der Waals surface area (Å²) in [6.45, 7) is 0.0159. The molecule has 5 nitrogen and oxygen atoms in total. The molecule has 0 saturated heterocycles. The van der Waals surface area contributed by atoms with Gasteiger partial charge in [0.1, 0.15) is 5.75 Å². The summed E-state index contributed by atoms with van der Waals surface area (Å²) < 4.78 is 42.2. The summed E-state index contributed by atoms with van der Waals surface area (Å²) in [5, 5.41) is 3.10. The van der Waals surface area contributed by atoms with Crippen molar-refractivity contribution in [1.82, 2.24) is 10.2 Å². The first-order valence-corrected chi connectivity index (χ1v) is 7.38. The molecule has 0 saturated carbocycles. The molecule has 3 N–H and O–H groups in total. The predicted molar refractivity (Wildman–Crippen MR) is 97.9 cm³/mol. The van der Waals surface area contributed by atoms with Crippen LogP contribution in [0.4, 0.5) is 13.2 Å². The minimum absolute atomic E-state index is 0. The molecule has 0 aromatic heterocycles. The van der Waals surface area contributed by atoms with Gasteiger partial charge < -0.3 is 15.8 Å². The number of halogens is 4. The zero-order valence-electron chi connectivity index (χ0n) is 13.3. The van der Waals surface area contributed by atoms with E-state index in [1.807, 2.05) is 24.3 Å². The van der Waals surface area contributed by atoms with Gasteiger partial charge in [0.25, 0.3) is 0 Å². The first-order chi connectivity index (χ1) is 10.8. The first kappa shape index (κ1) is 20.8. The third-order valence-corrected chi connectivity index (χ3v) is 3.49. The van der Waals surface area contributed by atoms with Crippen molar-refractivity contribution in [3.63, 3.8) is 0 Å². The molecule has 0 fully saturated rings. The molecule has 2 rings (SSSR count). The van der Waals surface area contributed by atoms with Crippen LogP contribution >= 0.6 is 24.0 Å². The van der Waals surface area contributed by atoms with Gasteiger partial charge in [-0.25, -0.2) is 0 Å². The number of hydrogen-bond donors (Lipinski definition) is 2. The van der Waals surface area contributed by atoms with Gasteiger partial charge in [0.15, 0.2) is 5.96 Å². The molecule has 0 aliphatic carbocycles. The molecule has 24 heavy (non-hydrogen) atoms. The fraction of sp³-hybridized carbons (Fsp3) is 0.533. The number of rotatable bonds is 5. The van der Waals surface area contributed by atoms with Crippen LogP contribution in [0.1, 0.15) is 18.0 Å². The molecule has 9 heteroatoms. The number of aliphatic imine (C=N–C) groups is 1. The van der Waals surface area contributed by atoms with E-state index >= 15 is 0 Å². The quantitative estimate of drug-likeness (QED) is 0.405. The summed E-state index contributed by atoms with van der Waals surface area (Å²) in [6.07, 6.45) is -3.45. The Balaban J connectivity index is 0.00000288. The summed E-state index contributed by atoms with van der Waals surface area (Å²) in [7, 11) is 1.40. The highest BCUT2D eigenvalue weighted by molar-refractivity contribution is 14.0. The molecule has 1 heterocycles. The Labute approximate surface area is 156 Å². The maximum absolute atomic E-state index is 12.2. The summed E-state index contributed by atoms with van der Waals surface area (Å²) in [6, 6.07) is 7.66. The second-order valence-corrected chi connectivity index (χ2v) is 5.49. The summed E-state index contributed by atoms with van der Waals surface area (Å²) in [4.78, 5) is 5.26. The van der Waals surface area contributed by atoms with Crippen LogP contribution in [-0.2, 0) is 0 Å². The number of fused-ring (bicyclic) bond motifs is 1. The van der Waals surface area contributed by atoms with E-state index in [1.54, 1.807) is 0 Å². The maximum Gasteiger partial charge on any atom is 0.401 e. The number of hydrogen-bond acceptors (Lipinski definition) is 3. The van der Waals surface area contributed by atoms with Gasteiger partial charge in [0.05, 0.1) is 25.7 Å². The number of nitrogens with one attached hydrogen (secondary N) is 1. The number of guanidine groups is 1. The van der Waals surface area contributed by atoms with Crippen LogP contribution in [-0.4, -0.2) is 50.3 Å². The SMILES string of the molecule is CN(CCN=C(N)NC1CCOc2ccccc21)CC(F)(F)F.I. The van der Waals surface area contributed by atoms with Gasteiger partial charge in [0, 0.05) is 18.5 Å². The molecule has 0 bridgehead atoms. The molecule has 1 aromatic rings. The Morgan fingerprint density at radius 1 is 1.42 bits per heavy atom. The summed E-state index contributed by atoms with van der Waals surface area (Å²) in [5.74, 6) is 1.04. The van der Waals surface area contributed by atoms with E-state index in [0.29, 0.717) is 6.61 Å². The third kappa shape index (κ3) is 6.71. The lowest BCUT2D eigenvalue weighted by atomic mass is 10.0. The average Bonchev–Trinajstić information content (AvgIpc) is 2.45. The maximum atomic E-state index is 12.2. The zero-order chi connectivity index (χ0) is 16.9. The van der Waals surface area contributed by atoms with Crippen molar-refractivity contribution in [3.05, 3.63) is 29.8 Å². The third-order valence-electron chi connectivity index (χ3n) is 3.49. The Morgan fingerprint density at radius 3 is 2.83 bits per heavy atom. The number of ether oxygens (including phenoxy) is 1. The number of nitrogens with two attached hydrogens (primary N) is 1. The fourth-order valence-electron chi connectivity index (χ4n) is 2.44. The van der Waals surface area contributed by atoms with E-state index in [-0.39, 0.29) is 49.1 Å². The lowest BCUT2D eigenvalue weighted by Gasteiger charge is -2.27. The molecule has 1 aliphatic heterocycles. The molecule has 0 spiro atoms. The molecule has 136 valence electrons. The smallest absolute Gasteiger partial charge is 0.401 e. The van der Waals surface area contributed by atoms with Gasteiger partial charge >= 0.3 is 6.18 Å². The van der Waals surface area contributed by atoms with Crippen molar-refractivity contribution in [3.8, 4) is 5.75 Å². The van der Waals surface area contributed by atoms with Crippen molar-refractivity contribution >= 4 is 29.9 Å². The molecular formula is C15H22F3IN4O. The van der Waals surface area contributed by atoms with Crippen molar-refractivity contribution in [2.24, 2.45) is 10.7 Å². The van der Waals surface area contributed by atoms with Gasteiger partial charge in [-0.3, -0.25) is 9.89 Å². The van der Waals surface area contributed by atoms with E-state index in [9.17, 15) is 13.2 Å². The van der Waals surface area contributed by atoms with Gasteiger partial charge in [-0.1, -0.05) is 18.2 Å². The zero-order valence-corrected chi connectivity index (χ0v) is 15.7. The normalized spacial score (nSPS) is 17.7. The van der Waals surface area contributed by atoms with Crippen LogP contribution in [0.5, 0.6) is 5.75 Å². The topological polar surface area (TPSA) is 62.9 Å². The number of alkyl halides is 3. The second kappa shape index (κ2) is 9.30. The summed E-state index contributed by atoms with van der Waals surface area (Å²) in [5.41, 5.74) is 6.84. The lowest BCUT2D eigenvalue weighted by Crippen LogP contribution is -2.38. The highest BCUT2D eigenvalue weighted by Gasteiger charge is 2.28. The molecular weight excluding hydrogens is 436 g/mol. The molecule has 0 radical (unpaired) electrons. The number of nitrogens with zero attached hydrogens (tertiary/aromatic N) is 2. The van der Waals surface area contributed by atoms with E-state index in [2.05, 4.69) is 10.3 Å². The van der Waals surface area contributed by atoms with Crippen molar-refractivity contribution in [1.29, 1.82) is 0 Å². The van der Waals surface area contributed by atoms with Crippen LogP contribution in [0.2, 0.25) is 0 Å². The van der Waals surface area contributed by atoms with Gasteiger partial charge in [-0.15, -0.1) is 24.0 Å². The van der Waals surface area contributed by atoms with Gasteiger partial charge in [-0.2, -0.15) is 13.2 Å². The van der Waals surface area contributed by atoms with E-state index in [4.69, 9.17) is 10.5 Å². The van der Waals surface area contributed by atoms with E-state index in [1.165, 1.54) is 11.9 Å². The van der Waals surface area contributed by atoms with Crippen molar-refractivity contribution in [2.45, 2.75) is 18.6 Å². The highest BCUT2D eigenvalue weighted by atomic mass is 127. The van der Waals surface area contributed by atoms with E-state index < -0.39 is 12.7 Å². The van der Waals surface area contributed by atoms with Crippen LogP contribution in [0.15, 0.2) is 29.3 Å². The first-order valence-electron chi connectivity index (χ1n) is 7.38. The largest absolute Gasteiger partial charge is 0.493 e. The van der Waals surface area contributed by atoms with Gasteiger partial charge in [0.2, 0.25) is 0 Å². The minimum atomic E-state index is -4.20. The molecule has 1 unspecified atom stereocenters. The molecule has 1 aromatic carbocycles. The van der Waals surface area contributed by atoms with Crippen molar-refractivity contribution in [2.75, 3.05) is 33.3 Å². The molecule has 1 atom stereocenters. The average molecular weight is 458 g/mol. The van der Waals surface area contributed by atoms with Crippen LogP contribution < -0.4 is 15.8 Å². The predicted octanol–water partition coefficient (Wildman–Crippen LogP) is 2.53. The van der Waals surface area contributed by atoms with Gasteiger partial charge in [-0.05, 0) is 13.1 Å². The van der Waals surface area contributed by atoms with Crippen LogP contribution in [0.3, 0.4) is 0 Å². The summed E-state index contributed by atoms with van der Waals surface area (Å²) >= 11 is 0. The highest BCUT2D eigenvalue weighted by Crippen LogP contribution is 2.31. The number of likely N-dealkylation sites (N-methyl/N-ethyl adjacent to an activating group) is 1. The Kier molecular flexibility index (Phi) is 8.07. The van der Waals surface area contributed by atoms with Crippen molar-refractivity contribution < 1.29 is 17.9 Å². The van der Waals surface area contributed by atoms with Crippen LogP contribution in [0, 0.1) is 0 Å². The fourth-order valence-corrected chi connectivity index (χ4v) is 2.44. The number of para-hydroxylation sites is 1. The molecule has 1 aliphatic rings. The monoisotopic (exact) mass is 458 g/mol.